The topological polar surface area (TPSA) is 56.8 Å². The van der Waals surface area contributed by atoms with Gasteiger partial charge in [0.25, 0.3) is 5.91 Å². The van der Waals surface area contributed by atoms with Crippen LogP contribution in [0.1, 0.15) is 17.0 Å². The maximum Gasteiger partial charge on any atom is 0.254 e. The number of benzene rings is 1. The van der Waals surface area contributed by atoms with E-state index in [2.05, 4.69) is 11.6 Å². The van der Waals surface area contributed by atoms with Crippen LogP contribution < -0.4 is 4.90 Å². The molecule has 2 amide bonds. The Balaban J connectivity index is 1.85. The summed E-state index contributed by atoms with van der Waals surface area (Å²) in [4.78, 5) is 37.3. The van der Waals surface area contributed by atoms with Crippen LogP contribution in [0.4, 0.5) is 10.1 Å². The highest BCUT2D eigenvalue weighted by Crippen LogP contribution is 2.66. The van der Waals surface area contributed by atoms with Gasteiger partial charge in [-0.3, -0.25) is 24.4 Å². The van der Waals surface area contributed by atoms with Crippen LogP contribution in [0, 0.1) is 5.82 Å². The molecule has 32 heavy (non-hydrogen) atoms. The van der Waals surface area contributed by atoms with E-state index in [1.807, 2.05) is 24.1 Å². The number of fused-ring (bicyclic) bond motifs is 3. The van der Waals surface area contributed by atoms with Gasteiger partial charge in [-0.1, -0.05) is 30.1 Å². The molecule has 2 spiro atoms. The Morgan fingerprint density at radius 1 is 1.25 bits per heavy atom. The molecule has 2 aromatic rings. The second-order valence-corrected chi connectivity index (χ2v) is 10.1. The van der Waals surface area contributed by atoms with Gasteiger partial charge in [0.1, 0.15) is 14.9 Å². The van der Waals surface area contributed by atoms with Crippen LogP contribution in [-0.2, 0) is 15.1 Å². The molecule has 3 atom stereocenters. The molecule has 0 bridgehead atoms. The highest BCUT2D eigenvalue weighted by atomic mass is 32.2. The summed E-state index contributed by atoms with van der Waals surface area (Å²) in [7, 11) is 3.49. The molecule has 0 unspecified atom stereocenters. The molecule has 0 N–H and O–H groups in total. The number of nitrogens with zero attached hydrogens (tertiary/aromatic N) is 4. The average Bonchev–Trinajstić information content (AvgIpc) is 3.28. The number of likely N-dealkylation sites (tertiary alicyclic amines) is 1. The zero-order valence-electron chi connectivity index (χ0n) is 17.6. The summed E-state index contributed by atoms with van der Waals surface area (Å²) in [6.07, 6.45) is 4.97. The fourth-order valence-electron chi connectivity index (χ4n) is 5.55. The van der Waals surface area contributed by atoms with E-state index in [1.165, 1.54) is 33.7 Å². The van der Waals surface area contributed by atoms with E-state index < -0.39 is 16.1 Å². The SMILES string of the molecule is C=CCN1C(=O)[C@@]2(SC1=S)[C@H](c1ccncc1)CN(C)[C@]21C(=O)N(C)c2ccc(F)cc21. The standard InChI is InChI=1S/C23H21FN4O2S2/c1-4-11-28-20(30)23(32-21(28)31)17(14-7-9-25-10-8-14)13-26(2)22(23)16-12-15(24)5-6-18(16)27(3)19(22)29/h4-10,12,17H,1,11,13H2,2-3H3/t17-,22+,23-/m0/s1. The Morgan fingerprint density at radius 2 is 1.97 bits per heavy atom. The van der Waals surface area contributed by atoms with Gasteiger partial charge in [0.15, 0.2) is 5.54 Å². The number of thioether (sulfide) groups is 1. The normalized spacial score (nSPS) is 29.6. The van der Waals surface area contributed by atoms with Crippen LogP contribution in [0.3, 0.4) is 0 Å². The predicted octanol–water partition coefficient (Wildman–Crippen LogP) is 2.91. The Labute approximate surface area is 195 Å². The van der Waals surface area contributed by atoms with Gasteiger partial charge in [-0.15, -0.1) is 6.58 Å². The van der Waals surface area contributed by atoms with E-state index in [0.29, 0.717) is 22.1 Å². The maximum absolute atomic E-state index is 14.5. The Morgan fingerprint density at radius 3 is 2.66 bits per heavy atom. The molecular formula is C23H21FN4O2S2. The van der Waals surface area contributed by atoms with E-state index in [0.717, 1.165) is 5.56 Å². The number of likely N-dealkylation sites (N-methyl/N-ethyl adjacent to an activating group) is 2. The van der Waals surface area contributed by atoms with Crippen molar-refractivity contribution in [1.82, 2.24) is 14.8 Å². The molecule has 0 radical (unpaired) electrons. The highest BCUT2D eigenvalue weighted by molar-refractivity contribution is 8.25. The third-order valence-electron chi connectivity index (χ3n) is 6.83. The van der Waals surface area contributed by atoms with Crippen molar-refractivity contribution in [2.45, 2.75) is 16.2 Å². The lowest BCUT2D eigenvalue weighted by Gasteiger charge is -2.42. The minimum atomic E-state index is -1.41. The number of anilines is 1. The summed E-state index contributed by atoms with van der Waals surface area (Å²) in [6, 6.07) is 8.05. The van der Waals surface area contributed by atoms with Crippen LogP contribution in [0.25, 0.3) is 0 Å². The van der Waals surface area contributed by atoms with E-state index >= 15 is 0 Å². The third-order valence-corrected chi connectivity index (χ3v) is 8.77. The quantitative estimate of drug-likeness (QED) is 0.510. The molecule has 5 rings (SSSR count). The first-order valence-corrected chi connectivity index (χ1v) is 11.4. The molecule has 9 heteroatoms. The number of carbonyl (C=O) groups is 2. The Kier molecular flexibility index (Phi) is 4.77. The maximum atomic E-state index is 14.5. The van der Waals surface area contributed by atoms with Crippen molar-refractivity contribution in [1.29, 1.82) is 0 Å². The van der Waals surface area contributed by atoms with Crippen molar-refractivity contribution in [3.63, 3.8) is 0 Å². The van der Waals surface area contributed by atoms with Crippen molar-refractivity contribution in [3.8, 4) is 0 Å². The lowest BCUT2D eigenvalue weighted by atomic mass is 9.72. The van der Waals surface area contributed by atoms with Gasteiger partial charge < -0.3 is 4.90 Å². The van der Waals surface area contributed by atoms with Crippen LogP contribution in [-0.4, -0.2) is 62.9 Å². The van der Waals surface area contributed by atoms with Crippen LogP contribution in [0.5, 0.6) is 0 Å². The van der Waals surface area contributed by atoms with Gasteiger partial charge >= 0.3 is 0 Å². The van der Waals surface area contributed by atoms with Crippen LogP contribution in [0.2, 0.25) is 0 Å². The van der Waals surface area contributed by atoms with Crippen molar-refractivity contribution in [3.05, 3.63) is 72.3 Å². The largest absolute Gasteiger partial charge is 0.313 e. The lowest BCUT2D eigenvalue weighted by molar-refractivity contribution is -0.138. The van der Waals surface area contributed by atoms with Gasteiger partial charge in [-0.05, 0) is 42.9 Å². The van der Waals surface area contributed by atoms with Gasteiger partial charge in [0, 0.05) is 49.7 Å². The summed E-state index contributed by atoms with van der Waals surface area (Å²) < 4.78 is 13.6. The Hall–Kier alpha value is -2.62. The van der Waals surface area contributed by atoms with Crippen molar-refractivity contribution >= 4 is 45.8 Å². The number of pyridine rings is 1. The van der Waals surface area contributed by atoms with Crippen molar-refractivity contribution in [2.75, 3.05) is 32.1 Å². The number of rotatable bonds is 3. The van der Waals surface area contributed by atoms with Crippen LogP contribution in [0.15, 0.2) is 55.4 Å². The van der Waals surface area contributed by atoms with E-state index in [1.54, 1.807) is 31.6 Å². The molecule has 1 aromatic carbocycles. The zero-order chi connectivity index (χ0) is 22.8. The number of thiocarbonyl (C=S) groups is 1. The van der Waals surface area contributed by atoms with Crippen LogP contribution >= 0.6 is 24.0 Å². The highest BCUT2D eigenvalue weighted by Gasteiger charge is 2.78. The minimum absolute atomic E-state index is 0.245. The second kappa shape index (κ2) is 7.19. The Bertz CT molecular complexity index is 1180. The lowest BCUT2D eigenvalue weighted by Crippen LogP contribution is -2.62. The molecule has 3 aliphatic rings. The fraction of sp³-hybridized carbons (Fsp3) is 0.304. The molecule has 3 aliphatic heterocycles. The van der Waals surface area contributed by atoms with E-state index in [4.69, 9.17) is 12.2 Å². The summed E-state index contributed by atoms with van der Waals surface area (Å²) in [5.41, 5.74) is 0.565. The second-order valence-electron chi connectivity index (χ2n) is 8.26. The molecular weight excluding hydrogens is 447 g/mol. The molecule has 4 heterocycles. The smallest absolute Gasteiger partial charge is 0.254 e. The molecule has 0 aliphatic carbocycles. The summed E-state index contributed by atoms with van der Waals surface area (Å²) in [6.45, 7) is 4.42. The first-order chi connectivity index (χ1) is 15.3. The number of amides is 2. The average molecular weight is 469 g/mol. The zero-order valence-corrected chi connectivity index (χ0v) is 19.3. The van der Waals surface area contributed by atoms with Gasteiger partial charge in [-0.2, -0.15) is 0 Å². The predicted molar refractivity (Wildman–Crippen MR) is 126 cm³/mol. The first-order valence-electron chi connectivity index (χ1n) is 10.2. The monoisotopic (exact) mass is 468 g/mol. The molecule has 1 aromatic heterocycles. The molecule has 2 fully saturated rings. The molecule has 2 saturated heterocycles. The third kappa shape index (κ3) is 2.39. The van der Waals surface area contributed by atoms with Gasteiger partial charge in [0.05, 0.1) is 0 Å². The van der Waals surface area contributed by atoms with E-state index in [9.17, 15) is 14.0 Å². The summed E-state index contributed by atoms with van der Waals surface area (Å²) in [5.74, 6) is -1.34. The molecule has 6 nitrogen and oxygen atoms in total. The van der Waals surface area contributed by atoms with Crippen molar-refractivity contribution < 1.29 is 14.0 Å². The number of hydrogen-bond donors (Lipinski definition) is 0. The fourth-order valence-corrected chi connectivity index (χ4v) is 7.70. The number of aromatic nitrogens is 1. The number of halogens is 1. The summed E-state index contributed by atoms with van der Waals surface area (Å²) in [5, 5.41) is 0. The molecule has 0 saturated carbocycles. The first kappa shape index (κ1) is 21.2. The minimum Gasteiger partial charge on any atom is -0.313 e. The summed E-state index contributed by atoms with van der Waals surface area (Å²) >= 11 is 6.87. The van der Waals surface area contributed by atoms with E-state index in [-0.39, 0.29) is 24.3 Å². The van der Waals surface area contributed by atoms with Gasteiger partial charge in [-0.25, -0.2) is 4.39 Å². The van der Waals surface area contributed by atoms with Gasteiger partial charge in [0.2, 0.25) is 5.91 Å². The number of hydrogen-bond acceptors (Lipinski definition) is 6. The molecule has 164 valence electrons. The van der Waals surface area contributed by atoms with Crippen molar-refractivity contribution in [2.24, 2.45) is 0 Å². The number of carbonyl (C=O) groups excluding carboxylic acids is 2.